The van der Waals surface area contributed by atoms with Gasteiger partial charge >= 0.3 is 6.03 Å². The van der Waals surface area contributed by atoms with Gasteiger partial charge in [0.15, 0.2) is 0 Å². The molecular weight excluding hydrogens is 368 g/mol. The van der Waals surface area contributed by atoms with E-state index in [-0.39, 0.29) is 11.9 Å². The number of fused-ring (bicyclic) bond motifs is 1. The zero-order valence-electron chi connectivity index (χ0n) is 16.4. The zero-order chi connectivity index (χ0) is 20.2. The zero-order valence-corrected chi connectivity index (χ0v) is 16.4. The number of rotatable bonds is 4. The Kier molecular flexibility index (Phi) is 5.41. The van der Waals surface area contributed by atoms with Crippen molar-refractivity contribution in [1.29, 1.82) is 0 Å². The molecule has 3 heterocycles. The Morgan fingerprint density at radius 1 is 1.17 bits per heavy atom. The maximum atomic E-state index is 13.3. The quantitative estimate of drug-likeness (QED) is 0.633. The summed E-state index contributed by atoms with van der Waals surface area (Å²) in [5.41, 5.74) is 3.57. The largest absolute Gasteiger partial charge is 0.339 e. The van der Waals surface area contributed by atoms with Crippen molar-refractivity contribution in [2.24, 2.45) is 0 Å². The van der Waals surface area contributed by atoms with Gasteiger partial charge in [0.25, 0.3) is 5.91 Å². The lowest BCUT2D eigenvalue weighted by Gasteiger charge is -2.27. The number of nitrogens with one attached hydrogen (secondary N) is 3. The highest BCUT2D eigenvalue weighted by atomic mass is 16.2. The minimum absolute atomic E-state index is 0.0310. The highest BCUT2D eigenvalue weighted by Gasteiger charge is 2.23. The van der Waals surface area contributed by atoms with Crippen LogP contribution in [-0.2, 0) is 0 Å². The van der Waals surface area contributed by atoms with E-state index in [1.54, 1.807) is 12.4 Å². The summed E-state index contributed by atoms with van der Waals surface area (Å²) in [5.74, 6) is 0.276. The molecule has 0 spiro atoms. The summed E-state index contributed by atoms with van der Waals surface area (Å²) in [5, 5.41) is 5.35. The number of carbonyl (C=O) groups is 2. The van der Waals surface area contributed by atoms with Gasteiger partial charge in [0.2, 0.25) is 5.95 Å². The van der Waals surface area contributed by atoms with Gasteiger partial charge in [0.1, 0.15) is 5.52 Å². The normalized spacial score (nSPS) is 14.0. The first-order valence-electron chi connectivity index (χ1n) is 9.94. The highest BCUT2D eigenvalue weighted by molar-refractivity contribution is 6.07. The Balaban J connectivity index is 1.78. The number of hydrogen-bond acceptors (Lipinski definition) is 4. The number of hydrogen-bond donors (Lipinski definition) is 3. The summed E-state index contributed by atoms with van der Waals surface area (Å²) in [6.07, 6.45) is 6.66. The summed E-state index contributed by atoms with van der Waals surface area (Å²) in [4.78, 5) is 38.8. The van der Waals surface area contributed by atoms with Gasteiger partial charge in [-0.05, 0) is 49.9 Å². The fourth-order valence-electron chi connectivity index (χ4n) is 3.62. The van der Waals surface area contributed by atoms with Crippen LogP contribution in [0.5, 0.6) is 0 Å². The summed E-state index contributed by atoms with van der Waals surface area (Å²) < 4.78 is 0. The first kappa shape index (κ1) is 18.9. The van der Waals surface area contributed by atoms with Crippen LogP contribution in [0.4, 0.5) is 10.7 Å². The van der Waals surface area contributed by atoms with Gasteiger partial charge in [-0.25, -0.2) is 9.78 Å². The van der Waals surface area contributed by atoms with E-state index in [1.807, 2.05) is 36.1 Å². The summed E-state index contributed by atoms with van der Waals surface area (Å²) in [6.45, 7) is 3.86. The molecule has 1 fully saturated rings. The van der Waals surface area contributed by atoms with Crippen LogP contribution < -0.4 is 10.6 Å². The molecule has 0 aliphatic carbocycles. The molecule has 8 nitrogen and oxygen atoms in total. The van der Waals surface area contributed by atoms with Gasteiger partial charge in [-0.1, -0.05) is 6.07 Å². The molecule has 2 aromatic heterocycles. The highest BCUT2D eigenvalue weighted by Crippen LogP contribution is 2.29. The number of piperidine rings is 1. The molecule has 1 aliphatic rings. The molecule has 3 N–H and O–H groups in total. The number of aromatic amines is 1. The second-order valence-electron chi connectivity index (χ2n) is 7.08. The number of carbonyl (C=O) groups excluding carboxylic acids is 2. The number of amides is 3. The van der Waals surface area contributed by atoms with Crippen molar-refractivity contribution in [1.82, 2.24) is 25.2 Å². The van der Waals surface area contributed by atoms with E-state index >= 15 is 0 Å². The number of urea groups is 1. The maximum absolute atomic E-state index is 13.3. The summed E-state index contributed by atoms with van der Waals surface area (Å²) in [7, 11) is 0. The van der Waals surface area contributed by atoms with E-state index in [9.17, 15) is 9.59 Å². The molecule has 150 valence electrons. The van der Waals surface area contributed by atoms with Crippen molar-refractivity contribution in [3.8, 4) is 11.1 Å². The van der Waals surface area contributed by atoms with E-state index in [4.69, 9.17) is 0 Å². The first-order chi connectivity index (χ1) is 14.2. The van der Waals surface area contributed by atoms with Crippen molar-refractivity contribution in [2.75, 3.05) is 25.0 Å². The minimum atomic E-state index is -0.344. The molecule has 3 aromatic rings. The number of likely N-dealkylation sites (tertiary alicyclic amines) is 1. The predicted octanol–water partition coefficient (Wildman–Crippen LogP) is 3.39. The second-order valence-corrected chi connectivity index (χ2v) is 7.08. The van der Waals surface area contributed by atoms with Gasteiger partial charge in [-0.3, -0.25) is 15.1 Å². The van der Waals surface area contributed by atoms with Crippen molar-refractivity contribution < 1.29 is 9.59 Å². The standard InChI is InChI=1S/C21H24N6O2/c1-2-23-21(29)26-20-24-17-12-15(14-7-6-8-22-13-14)11-16(18(17)25-20)19(28)27-9-4-3-5-10-27/h6-8,11-13H,2-5,9-10H2,1H3,(H3,23,24,25,26,29). The van der Waals surface area contributed by atoms with Crippen LogP contribution in [0, 0.1) is 0 Å². The molecule has 0 unspecified atom stereocenters. The monoisotopic (exact) mass is 392 g/mol. The van der Waals surface area contributed by atoms with E-state index in [0.29, 0.717) is 29.1 Å². The van der Waals surface area contributed by atoms with Crippen LogP contribution in [0.3, 0.4) is 0 Å². The van der Waals surface area contributed by atoms with Gasteiger partial charge in [-0.15, -0.1) is 0 Å². The number of pyridine rings is 1. The molecule has 1 saturated heterocycles. The Morgan fingerprint density at radius 2 is 2.00 bits per heavy atom. The van der Waals surface area contributed by atoms with Crippen molar-refractivity contribution >= 4 is 28.9 Å². The molecule has 0 atom stereocenters. The fourth-order valence-corrected chi connectivity index (χ4v) is 3.62. The lowest BCUT2D eigenvalue weighted by atomic mass is 10.0. The molecule has 29 heavy (non-hydrogen) atoms. The number of H-pyrrole nitrogens is 1. The van der Waals surface area contributed by atoms with E-state index in [2.05, 4.69) is 25.6 Å². The number of imidazole rings is 1. The van der Waals surface area contributed by atoms with Crippen LogP contribution in [0.2, 0.25) is 0 Å². The molecule has 8 heteroatoms. The van der Waals surface area contributed by atoms with Crippen LogP contribution in [0.25, 0.3) is 22.2 Å². The number of anilines is 1. The fraction of sp³-hybridized carbons (Fsp3) is 0.333. The topological polar surface area (TPSA) is 103 Å². The third-order valence-electron chi connectivity index (χ3n) is 5.02. The predicted molar refractivity (Wildman–Crippen MR) is 112 cm³/mol. The minimum Gasteiger partial charge on any atom is -0.339 e. The molecule has 0 bridgehead atoms. The van der Waals surface area contributed by atoms with E-state index in [0.717, 1.165) is 43.5 Å². The molecule has 0 saturated carbocycles. The van der Waals surface area contributed by atoms with Crippen molar-refractivity contribution in [2.45, 2.75) is 26.2 Å². The maximum Gasteiger partial charge on any atom is 0.321 e. The molecule has 1 aliphatic heterocycles. The summed E-state index contributed by atoms with van der Waals surface area (Å²) >= 11 is 0. The third kappa shape index (κ3) is 4.06. The average Bonchev–Trinajstić information content (AvgIpc) is 3.16. The molecular formula is C21H24N6O2. The Labute approximate surface area is 168 Å². The van der Waals surface area contributed by atoms with Gasteiger partial charge < -0.3 is 15.2 Å². The smallest absolute Gasteiger partial charge is 0.321 e. The van der Waals surface area contributed by atoms with Gasteiger partial charge in [0.05, 0.1) is 11.1 Å². The third-order valence-corrected chi connectivity index (χ3v) is 5.02. The van der Waals surface area contributed by atoms with Crippen LogP contribution >= 0.6 is 0 Å². The van der Waals surface area contributed by atoms with Gasteiger partial charge in [-0.2, -0.15) is 0 Å². The Hall–Kier alpha value is -3.42. The second kappa shape index (κ2) is 8.30. The number of aromatic nitrogens is 3. The SMILES string of the molecule is CCNC(=O)Nc1nc2c(C(=O)N3CCCCC3)cc(-c3cccnc3)cc2[nH]1. The molecule has 1 aromatic carbocycles. The lowest BCUT2D eigenvalue weighted by molar-refractivity contribution is 0.0726. The molecule has 3 amide bonds. The first-order valence-corrected chi connectivity index (χ1v) is 9.94. The number of benzene rings is 1. The molecule has 4 rings (SSSR count). The average molecular weight is 392 g/mol. The van der Waals surface area contributed by atoms with Crippen LogP contribution in [-0.4, -0.2) is 51.4 Å². The van der Waals surface area contributed by atoms with Crippen LogP contribution in [0.15, 0.2) is 36.7 Å². The van der Waals surface area contributed by atoms with E-state index in [1.165, 1.54) is 0 Å². The van der Waals surface area contributed by atoms with E-state index < -0.39 is 0 Å². The lowest BCUT2D eigenvalue weighted by Crippen LogP contribution is -2.35. The summed E-state index contributed by atoms with van der Waals surface area (Å²) in [6, 6.07) is 7.26. The Morgan fingerprint density at radius 3 is 2.72 bits per heavy atom. The van der Waals surface area contributed by atoms with Crippen LogP contribution in [0.1, 0.15) is 36.5 Å². The van der Waals surface area contributed by atoms with Crippen molar-refractivity contribution in [3.63, 3.8) is 0 Å². The molecule has 0 radical (unpaired) electrons. The number of nitrogens with zero attached hydrogens (tertiary/aromatic N) is 3. The van der Waals surface area contributed by atoms with Gasteiger partial charge in [0, 0.05) is 37.6 Å². The Bertz CT molecular complexity index is 1020. The van der Waals surface area contributed by atoms with Crippen molar-refractivity contribution in [3.05, 3.63) is 42.2 Å².